The molecule has 3 heteroatoms. The van der Waals surface area contributed by atoms with Gasteiger partial charge in [-0.3, -0.25) is 11.3 Å². The van der Waals surface area contributed by atoms with Crippen LogP contribution in [0.25, 0.3) is 0 Å². The van der Waals surface area contributed by atoms with Crippen molar-refractivity contribution in [3.63, 3.8) is 0 Å². The lowest BCUT2D eigenvalue weighted by atomic mass is 9.91. The molecule has 0 amide bonds. The van der Waals surface area contributed by atoms with Crippen LogP contribution in [0.3, 0.4) is 0 Å². The van der Waals surface area contributed by atoms with Crippen molar-refractivity contribution in [2.75, 3.05) is 0 Å². The highest BCUT2D eigenvalue weighted by Crippen LogP contribution is 2.35. The zero-order chi connectivity index (χ0) is 13.0. The summed E-state index contributed by atoms with van der Waals surface area (Å²) in [6.07, 6.45) is 6.36. The first-order valence-electron chi connectivity index (χ1n) is 6.93. The Bertz CT molecular complexity index is 381. The summed E-state index contributed by atoms with van der Waals surface area (Å²) < 4.78 is 1.15. The van der Waals surface area contributed by atoms with Crippen molar-refractivity contribution in [1.29, 1.82) is 0 Å². The van der Waals surface area contributed by atoms with Gasteiger partial charge in [0, 0.05) is 10.5 Å². The van der Waals surface area contributed by atoms with E-state index in [1.807, 2.05) is 0 Å². The molecule has 0 aromatic heterocycles. The monoisotopic (exact) mass is 310 g/mol. The van der Waals surface area contributed by atoms with E-state index in [1.54, 1.807) is 0 Å². The molecule has 1 aliphatic rings. The fourth-order valence-corrected chi connectivity index (χ4v) is 3.58. The van der Waals surface area contributed by atoms with Gasteiger partial charge in [-0.25, -0.2) is 0 Å². The van der Waals surface area contributed by atoms with Crippen LogP contribution in [0.1, 0.15) is 38.2 Å². The maximum Gasteiger partial charge on any atom is 0.0279 e. The van der Waals surface area contributed by atoms with Crippen LogP contribution in [0.2, 0.25) is 0 Å². The topological polar surface area (TPSA) is 38.0 Å². The van der Waals surface area contributed by atoms with Crippen molar-refractivity contribution in [3.05, 3.63) is 34.3 Å². The number of hydrogen-bond acceptors (Lipinski definition) is 2. The van der Waals surface area contributed by atoms with Gasteiger partial charge in [-0.15, -0.1) is 0 Å². The smallest absolute Gasteiger partial charge is 0.0279 e. The van der Waals surface area contributed by atoms with E-state index in [1.165, 1.54) is 31.2 Å². The van der Waals surface area contributed by atoms with Gasteiger partial charge in [0.2, 0.25) is 0 Å². The molecule has 18 heavy (non-hydrogen) atoms. The Kier molecular flexibility index (Phi) is 5.22. The summed E-state index contributed by atoms with van der Waals surface area (Å²) in [5.41, 5.74) is 4.40. The molecule has 1 saturated carbocycles. The summed E-state index contributed by atoms with van der Waals surface area (Å²) in [6.45, 7) is 2.30. The van der Waals surface area contributed by atoms with Crippen LogP contribution < -0.4 is 11.3 Å². The summed E-state index contributed by atoms with van der Waals surface area (Å²) in [5, 5.41) is 0. The van der Waals surface area contributed by atoms with E-state index >= 15 is 0 Å². The van der Waals surface area contributed by atoms with Gasteiger partial charge in [-0.05, 0) is 48.8 Å². The van der Waals surface area contributed by atoms with E-state index in [0.29, 0.717) is 6.04 Å². The second-order valence-electron chi connectivity index (χ2n) is 5.45. The van der Waals surface area contributed by atoms with E-state index in [-0.39, 0.29) is 0 Å². The molecule has 3 N–H and O–H groups in total. The molecule has 2 rings (SSSR count). The molecule has 3 atom stereocenters. The lowest BCUT2D eigenvalue weighted by Crippen LogP contribution is -2.41. The summed E-state index contributed by atoms with van der Waals surface area (Å²) in [4.78, 5) is 0. The minimum Gasteiger partial charge on any atom is -0.271 e. The van der Waals surface area contributed by atoms with Crippen LogP contribution in [0.15, 0.2) is 28.7 Å². The minimum absolute atomic E-state index is 0.413. The molecule has 2 nitrogen and oxygen atoms in total. The lowest BCUT2D eigenvalue weighted by molar-refractivity contribution is 0.348. The van der Waals surface area contributed by atoms with E-state index in [4.69, 9.17) is 5.84 Å². The Hall–Kier alpha value is -0.380. The van der Waals surface area contributed by atoms with Gasteiger partial charge in [0.25, 0.3) is 0 Å². The van der Waals surface area contributed by atoms with Gasteiger partial charge in [-0.1, -0.05) is 47.8 Å². The highest BCUT2D eigenvalue weighted by atomic mass is 79.9. The van der Waals surface area contributed by atoms with Gasteiger partial charge in [0.1, 0.15) is 0 Å². The van der Waals surface area contributed by atoms with E-state index in [9.17, 15) is 0 Å². The molecular formula is C15H23BrN2. The van der Waals surface area contributed by atoms with Gasteiger partial charge >= 0.3 is 0 Å². The number of nitrogens with one attached hydrogen (secondary N) is 1. The molecule has 0 aliphatic heterocycles. The van der Waals surface area contributed by atoms with Crippen LogP contribution in [0.5, 0.6) is 0 Å². The molecule has 1 aliphatic carbocycles. The molecule has 0 heterocycles. The summed E-state index contributed by atoms with van der Waals surface area (Å²) in [7, 11) is 0. The molecule has 0 radical (unpaired) electrons. The minimum atomic E-state index is 0.413. The fourth-order valence-electron chi connectivity index (χ4n) is 3.13. The molecule has 100 valence electrons. The van der Waals surface area contributed by atoms with Crippen LogP contribution in [-0.2, 0) is 6.42 Å². The number of nitrogens with two attached hydrogens (primary N) is 1. The first-order chi connectivity index (χ1) is 8.72. The highest BCUT2D eigenvalue weighted by Gasteiger charge is 2.29. The number of hydrogen-bond donors (Lipinski definition) is 2. The molecule has 1 aromatic carbocycles. The van der Waals surface area contributed by atoms with E-state index < -0.39 is 0 Å². The maximum atomic E-state index is 5.76. The molecule has 3 unspecified atom stereocenters. The van der Waals surface area contributed by atoms with Gasteiger partial charge < -0.3 is 0 Å². The first-order valence-corrected chi connectivity index (χ1v) is 7.72. The normalized spacial score (nSPS) is 25.3. The second kappa shape index (κ2) is 6.69. The quantitative estimate of drug-likeness (QED) is 0.643. The summed E-state index contributed by atoms with van der Waals surface area (Å²) >= 11 is 3.53. The van der Waals surface area contributed by atoms with Crippen molar-refractivity contribution in [2.45, 2.75) is 45.1 Å². The highest BCUT2D eigenvalue weighted by molar-refractivity contribution is 9.10. The third kappa shape index (κ3) is 3.56. The van der Waals surface area contributed by atoms with Crippen LogP contribution in [0, 0.1) is 11.8 Å². The Balaban J connectivity index is 1.97. The Labute approximate surface area is 118 Å². The summed E-state index contributed by atoms with van der Waals surface area (Å²) in [5.74, 6) is 7.41. The third-order valence-electron chi connectivity index (χ3n) is 4.29. The van der Waals surface area contributed by atoms with Crippen molar-refractivity contribution in [3.8, 4) is 0 Å². The van der Waals surface area contributed by atoms with Crippen LogP contribution >= 0.6 is 15.9 Å². The molecule has 0 spiro atoms. The van der Waals surface area contributed by atoms with Gasteiger partial charge in [0.15, 0.2) is 0 Å². The lowest BCUT2D eigenvalue weighted by Gasteiger charge is -2.23. The molecular weight excluding hydrogens is 288 g/mol. The Morgan fingerprint density at radius 3 is 2.89 bits per heavy atom. The molecule has 0 bridgehead atoms. The fraction of sp³-hybridized carbons (Fsp3) is 0.600. The average molecular weight is 311 g/mol. The maximum absolute atomic E-state index is 5.76. The molecule has 0 saturated heterocycles. The van der Waals surface area contributed by atoms with Crippen LogP contribution in [-0.4, -0.2) is 6.04 Å². The SMILES string of the molecule is CCC1CCC(C(Cc2cccc(Br)c2)NN)C1. The van der Waals surface area contributed by atoms with Crippen molar-refractivity contribution >= 4 is 15.9 Å². The van der Waals surface area contributed by atoms with Crippen molar-refractivity contribution < 1.29 is 0 Å². The van der Waals surface area contributed by atoms with E-state index in [2.05, 4.69) is 52.5 Å². The number of hydrazine groups is 1. The number of halogens is 1. The predicted octanol–water partition coefficient (Wildman–Crippen LogP) is 3.65. The number of benzene rings is 1. The first kappa shape index (κ1) is 14.0. The van der Waals surface area contributed by atoms with Crippen molar-refractivity contribution in [1.82, 2.24) is 5.43 Å². The predicted molar refractivity (Wildman–Crippen MR) is 80.1 cm³/mol. The summed E-state index contributed by atoms with van der Waals surface area (Å²) in [6, 6.07) is 8.95. The van der Waals surface area contributed by atoms with Crippen LogP contribution in [0.4, 0.5) is 0 Å². The molecule has 1 aromatic rings. The van der Waals surface area contributed by atoms with Gasteiger partial charge in [0.05, 0.1) is 0 Å². The van der Waals surface area contributed by atoms with Gasteiger partial charge in [-0.2, -0.15) is 0 Å². The standard InChI is InChI=1S/C15H23BrN2/c1-2-11-6-7-13(8-11)15(18-17)10-12-4-3-5-14(16)9-12/h3-5,9,11,13,15,18H,2,6-8,10,17H2,1H3. The zero-order valence-corrected chi connectivity index (χ0v) is 12.6. The number of rotatable bonds is 5. The second-order valence-corrected chi connectivity index (χ2v) is 6.37. The largest absolute Gasteiger partial charge is 0.271 e. The van der Waals surface area contributed by atoms with Crippen molar-refractivity contribution in [2.24, 2.45) is 17.7 Å². The van der Waals surface area contributed by atoms with E-state index in [0.717, 1.165) is 22.7 Å². The Morgan fingerprint density at radius 2 is 2.28 bits per heavy atom. The molecule has 1 fully saturated rings. The Morgan fingerprint density at radius 1 is 1.44 bits per heavy atom. The average Bonchev–Trinajstić information content (AvgIpc) is 2.84. The zero-order valence-electron chi connectivity index (χ0n) is 11.0. The third-order valence-corrected chi connectivity index (χ3v) is 4.78.